The summed E-state index contributed by atoms with van der Waals surface area (Å²) in [6.07, 6.45) is 0. The first-order chi connectivity index (χ1) is 10.5. The molecule has 114 valence electrons. The largest absolute Gasteiger partial charge is 0.371 e. The average molecular weight is 313 g/mol. The minimum Gasteiger partial charge on any atom is -0.371 e. The second kappa shape index (κ2) is 5.57. The van der Waals surface area contributed by atoms with Crippen molar-refractivity contribution < 1.29 is 4.79 Å². The van der Waals surface area contributed by atoms with Crippen LogP contribution in [0.3, 0.4) is 0 Å². The lowest BCUT2D eigenvalue weighted by atomic mass is 10.2. The van der Waals surface area contributed by atoms with E-state index in [1.165, 1.54) is 11.3 Å². The number of carbonyl (C=O) groups excluding carboxylic acids is 1. The average Bonchev–Trinajstić information content (AvgIpc) is 3.09. The van der Waals surface area contributed by atoms with Crippen molar-refractivity contribution in [1.82, 2.24) is 9.88 Å². The summed E-state index contributed by atoms with van der Waals surface area (Å²) in [5.41, 5.74) is 2.75. The molecule has 2 aromatic rings. The lowest BCUT2D eigenvalue weighted by molar-refractivity contribution is 0.0999. The predicted molar refractivity (Wildman–Crippen MR) is 91.0 cm³/mol. The van der Waals surface area contributed by atoms with Crippen LogP contribution in [-0.2, 0) is 6.54 Å². The number of aromatic nitrogens is 1. The molecule has 1 aliphatic rings. The molecule has 5 heteroatoms. The molecular formula is C17H19N3OS. The Morgan fingerprint density at radius 2 is 2.18 bits per heavy atom. The number of anilines is 1. The number of carbonyl (C=O) groups is 1. The fourth-order valence-electron chi connectivity index (χ4n) is 2.42. The Bertz CT molecular complexity index is 735. The first kappa shape index (κ1) is 14.8. The molecule has 1 amide bonds. The van der Waals surface area contributed by atoms with Crippen molar-refractivity contribution in [2.24, 2.45) is 0 Å². The molecule has 2 aromatic heterocycles. The number of hydrogen-bond donors (Lipinski definition) is 0. The Morgan fingerprint density at radius 3 is 2.86 bits per heavy atom. The van der Waals surface area contributed by atoms with E-state index in [0.29, 0.717) is 18.4 Å². The normalized spacial score (nSPS) is 13.6. The maximum Gasteiger partial charge on any atom is 0.270 e. The van der Waals surface area contributed by atoms with Gasteiger partial charge in [-0.1, -0.05) is 12.6 Å². The first-order valence-electron chi connectivity index (χ1n) is 7.26. The van der Waals surface area contributed by atoms with E-state index in [0.717, 1.165) is 21.8 Å². The number of nitrogens with zero attached hydrogens (tertiary/aromatic N) is 3. The van der Waals surface area contributed by atoms with Crippen molar-refractivity contribution >= 4 is 28.8 Å². The minimum absolute atomic E-state index is 0.0393. The van der Waals surface area contributed by atoms with Gasteiger partial charge in [-0.05, 0) is 43.0 Å². The Morgan fingerprint density at radius 1 is 1.41 bits per heavy atom. The second-order valence-electron chi connectivity index (χ2n) is 5.70. The monoisotopic (exact) mass is 313 g/mol. The minimum atomic E-state index is 0.0393. The van der Waals surface area contributed by atoms with E-state index >= 15 is 0 Å². The molecule has 0 atom stereocenters. The third-order valence-electron chi connectivity index (χ3n) is 4.02. The zero-order chi connectivity index (χ0) is 15.9. The Kier molecular flexibility index (Phi) is 3.74. The fourth-order valence-corrected chi connectivity index (χ4v) is 3.29. The number of rotatable bonds is 4. The SMILES string of the molecule is C=C(c1cccc(N2Cc3ccsc3C2=O)n1)N(C)C(C)C. The summed E-state index contributed by atoms with van der Waals surface area (Å²) < 4.78 is 0. The Labute approximate surface area is 134 Å². The van der Waals surface area contributed by atoms with Crippen LogP contribution < -0.4 is 4.90 Å². The Balaban J connectivity index is 1.88. The highest BCUT2D eigenvalue weighted by molar-refractivity contribution is 7.12. The number of thiophene rings is 1. The van der Waals surface area contributed by atoms with Gasteiger partial charge in [0, 0.05) is 13.1 Å². The maximum atomic E-state index is 12.4. The van der Waals surface area contributed by atoms with Crippen molar-refractivity contribution in [2.75, 3.05) is 11.9 Å². The summed E-state index contributed by atoms with van der Waals surface area (Å²) in [6, 6.07) is 8.09. The van der Waals surface area contributed by atoms with Gasteiger partial charge in [0.2, 0.25) is 0 Å². The lowest BCUT2D eigenvalue weighted by Gasteiger charge is -2.26. The lowest BCUT2D eigenvalue weighted by Crippen LogP contribution is -2.26. The molecule has 0 bridgehead atoms. The van der Waals surface area contributed by atoms with E-state index in [9.17, 15) is 4.79 Å². The molecule has 1 aliphatic heterocycles. The molecule has 0 aromatic carbocycles. The molecule has 0 unspecified atom stereocenters. The molecule has 0 fully saturated rings. The molecule has 0 saturated heterocycles. The van der Waals surface area contributed by atoms with Gasteiger partial charge in [0.15, 0.2) is 0 Å². The Hall–Kier alpha value is -2.14. The third-order valence-corrected chi connectivity index (χ3v) is 4.97. The van der Waals surface area contributed by atoms with Gasteiger partial charge in [-0.2, -0.15) is 0 Å². The van der Waals surface area contributed by atoms with Gasteiger partial charge in [0.05, 0.1) is 22.8 Å². The maximum absolute atomic E-state index is 12.4. The molecule has 0 N–H and O–H groups in total. The van der Waals surface area contributed by atoms with Gasteiger partial charge >= 0.3 is 0 Å². The molecule has 0 radical (unpaired) electrons. The van der Waals surface area contributed by atoms with Crippen LogP contribution in [0.1, 0.15) is 34.8 Å². The van der Waals surface area contributed by atoms with Crippen molar-refractivity contribution in [2.45, 2.75) is 26.4 Å². The van der Waals surface area contributed by atoms with E-state index in [1.807, 2.05) is 36.7 Å². The predicted octanol–water partition coefficient (Wildman–Crippen LogP) is 3.61. The highest BCUT2D eigenvalue weighted by Crippen LogP contribution is 2.31. The van der Waals surface area contributed by atoms with Crippen molar-refractivity contribution in [3.8, 4) is 0 Å². The molecule has 0 saturated carbocycles. The molecular weight excluding hydrogens is 294 g/mol. The van der Waals surface area contributed by atoms with Crippen molar-refractivity contribution in [1.29, 1.82) is 0 Å². The molecule has 4 nitrogen and oxygen atoms in total. The van der Waals surface area contributed by atoms with E-state index in [2.05, 4.69) is 30.3 Å². The van der Waals surface area contributed by atoms with E-state index < -0.39 is 0 Å². The van der Waals surface area contributed by atoms with Crippen LogP contribution in [0.2, 0.25) is 0 Å². The third kappa shape index (κ3) is 2.41. The van der Waals surface area contributed by atoms with Crippen LogP contribution in [0.25, 0.3) is 5.70 Å². The zero-order valence-corrected chi connectivity index (χ0v) is 13.9. The van der Waals surface area contributed by atoms with Crippen molar-refractivity contribution in [3.63, 3.8) is 0 Å². The molecule has 22 heavy (non-hydrogen) atoms. The highest BCUT2D eigenvalue weighted by Gasteiger charge is 2.30. The van der Waals surface area contributed by atoms with Crippen LogP contribution >= 0.6 is 11.3 Å². The molecule has 0 aliphatic carbocycles. The van der Waals surface area contributed by atoms with Gasteiger partial charge in [-0.3, -0.25) is 9.69 Å². The molecule has 3 heterocycles. The smallest absolute Gasteiger partial charge is 0.270 e. The second-order valence-corrected chi connectivity index (χ2v) is 6.61. The van der Waals surface area contributed by atoms with Crippen LogP contribution in [0.15, 0.2) is 36.2 Å². The first-order valence-corrected chi connectivity index (χ1v) is 8.14. The van der Waals surface area contributed by atoms with E-state index in [4.69, 9.17) is 0 Å². The summed E-state index contributed by atoms with van der Waals surface area (Å²) in [6.45, 7) is 8.94. The van der Waals surface area contributed by atoms with Gasteiger partial charge < -0.3 is 4.90 Å². The molecule has 3 rings (SSSR count). The summed E-state index contributed by atoms with van der Waals surface area (Å²) in [5, 5.41) is 1.96. The van der Waals surface area contributed by atoms with Crippen LogP contribution in [0.5, 0.6) is 0 Å². The van der Waals surface area contributed by atoms with Gasteiger partial charge in [0.25, 0.3) is 5.91 Å². The number of fused-ring (bicyclic) bond motifs is 1. The van der Waals surface area contributed by atoms with E-state index in [-0.39, 0.29) is 5.91 Å². The standard InChI is InChI=1S/C17H19N3OS/c1-11(2)19(4)12(3)14-6-5-7-15(18-14)20-10-13-8-9-22-16(13)17(20)21/h5-9,11H,3,10H2,1-2,4H3. The van der Waals surface area contributed by atoms with Gasteiger partial charge in [0.1, 0.15) is 5.82 Å². The van der Waals surface area contributed by atoms with E-state index in [1.54, 1.807) is 4.90 Å². The number of pyridine rings is 1. The number of amides is 1. The fraction of sp³-hybridized carbons (Fsp3) is 0.294. The summed E-state index contributed by atoms with van der Waals surface area (Å²) >= 11 is 1.49. The van der Waals surface area contributed by atoms with Gasteiger partial charge in [-0.25, -0.2) is 4.98 Å². The quantitative estimate of drug-likeness (QED) is 0.865. The molecule has 0 spiro atoms. The summed E-state index contributed by atoms with van der Waals surface area (Å²) in [5.74, 6) is 0.724. The van der Waals surface area contributed by atoms with Crippen molar-refractivity contribution in [3.05, 3.63) is 52.4 Å². The van der Waals surface area contributed by atoms with Gasteiger partial charge in [-0.15, -0.1) is 11.3 Å². The number of hydrogen-bond acceptors (Lipinski definition) is 4. The van der Waals surface area contributed by atoms with Crippen LogP contribution in [-0.4, -0.2) is 28.9 Å². The summed E-state index contributed by atoms with van der Waals surface area (Å²) in [4.78, 5) is 21.7. The topological polar surface area (TPSA) is 36.4 Å². The summed E-state index contributed by atoms with van der Waals surface area (Å²) in [7, 11) is 2.00. The van der Waals surface area contributed by atoms with Crippen LogP contribution in [0, 0.1) is 0 Å². The van der Waals surface area contributed by atoms with Crippen LogP contribution in [0.4, 0.5) is 5.82 Å². The highest BCUT2D eigenvalue weighted by atomic mass is 32.1. The zero-order valence-electron chi connectivity index (χ0n) is 13.0.